The topological polar surface area (TPSA) is 134 Å². The summed E-state index contributed by atoms with van der Waals surface area (Å²) in [6.45, 7) is 1.92. The molecule has 0 saturated carbocycles. The van der Waals surface area contributed by atoms with Gasteiger partial charge in [0.15, 0.2) is 11.5 Å². The minimum absolute atomic E-state index is 0.0247. The molecule has 0 saturated heterocycles. The van der Waals surface area contributed by atoms with Gasteiger partial charge in [-0.3, -0.25) is 19.3 Å². The van der Waals surface area contributed by atoms with Crippen LogP contribution >= 0.6 is 15.9 Å². The molecule has 1 N–H and O–H groups in total. The molecule has 4 aromatic rings. The van der Waals surface area contributed by atoms with E-state index in [4.69, 9.17) is 14.2 Å². The van der Waals surface area contributed by atoms with Crippen molar-refractivity contribution < 1.29 is 28.7 Å². The number of pyridine rings is 1. The molecular formula is C25H21BrN4O7. The molecule has 2 aromatic carbocycles. The van der Waals surface area contributed by atoms with E-state index >= 15 is 0 Å². The maximum atomic E-state index is 12.6. The Hall–Kier alpha value is -4.45. The van der Waals surface area contributed by atoms with Gasteiger partial charge < -0.3 is 19.5 Å². The van der Waals surface area contributed by atoms with E-state index in [2.05, 4.69) is 26.2 Å². The van der Waals surface area contributed by atoms with E-state index in [-0.39, 0.29) is 35.9 Å². The van der Waals surface area contributed by atoms with E-state index in [1.54, 1.807) is 29.5 Å². The highest BCUT2D eigenvalue weighted by atomic mass is 79.9. The lowest BCUT2D eigenvalue weighted by atomic mass is 10.1. The number of rotatable bonds is 9. The monoisotopic (exact) mass is 568 g/mol. The molecule has 0 aliphatic heterocycles. The number of methoxy groups -OCH3 is 1. The van der Waals surface area contributed by atoms with E-state index in [1.807, 2.05) is 18.3 Å². The Kier molecular flexibility index (Phi) is 7.68. The normalized spacial score (nSPS) is 10.7. The SMILES string of the molecule is CCOC(=O)CNc1c(-c2ccc(OC(=O)c3cccc([N+](=O)[O-])c3)c(OC)c2)nc2ccc(Br)cn12. The number of halogens is 1. The van der Waals surface area contributed by atoms with Crippen LogP contribution < -0.4 is 14.8 Å². The highest BCUT2D eigenvalue weighted by Gasteiger charge is 2.20. The number of non-ortho nitro benzene ring substituents is 1. The van der Waals surface area contributed by atoms with Gasteiger partial charge in [-0.2, -0.15) is 0 Å². The van der Waals surface area contributed by atoms with E-state index in [0.717, 1.165) is 10.5 Å². The molecule has 0 aliphatic carbocycles. The molecule has 0 fully saturated rings. The third-order valence-electron chi connectivity index (χ3n) is 5.22. The zero-order valence-electron chi connectivity index (χ0n) is 19.8. The summed E-state index contributed by atoms with van der Waals surface area (Å²) in [6.07, 6.45) is 1.81. The quantitative estimate of drug-likeness (QED) is 0.130. The number of anilines is 1. The van der Waals surface area contributed by atoms with Crippen molar-refractivity contribution in [1.29, 1.82) is 0 Å². The van der Waals surface area contributed by atoms with Crippen molar-refractivity contribution in [3.8, 4) is 22.8 Å². The van der Waals surface area contributed by atoms with Crippen LogP contribution in [0.25, 0.3) is 16.9 Å². The highest BCUT2D eigenvalue weighted by Crippen LogP contribution is 2.36. The molecular weight excluding hydrogens is 548 g/mol. The number of fused-ring (bicyclic) bond motifs is 1. The maximum absolute atomic E-state index is 12.6. The lowest BCUT2D eigenvalue weighted by molar-refractivity contribution is -0.384. The number of nitrogens with one attached hydrogen (secondary N) is 1. The first-order valence-corrected chi connectivity index (χ1v) is 11.8. The molecule has 0 aliphatic rings. The van der Waals surface area contributed by atoms with Crippen molar-refractivity contribution in [3.63, 3.8) is 0 Å². The van der Waals surface area contributed by atoms with Crippen LogP contribution in [0.2, 0.25) is 0 Å². The van der Waals surface area contributed by atoms with Gasteiger partial charge >= 0.3 is 11.9 Å². The predicted octanol–water partition coefficient (Wildman–Crippen LogP) is 4.87. The second-order valence-electron chi connectivity index (χ2n) is 7.61. The molecule has 0 bridgehead atoms. The lowest BCUT2D eigenvalue weighted by Gasteiger charge is -2.12. The van der Waals surface area contributed by atoms with Crippen LogP contribution in [0.1, 0.15) is 17.3 Å². The van der Waals surface area contributed by atoms with Gasteiger partial charge in [0.05, 0.1) is 24.2 Å². The van der Waals surface area contributed by atoms with Crippen LogP contribution in [0.5, 0.6) is 11.5 Å². The first-order valence-electron chi connectivity index (χ1n) is 11.0. The van der Waals surface area contributed by atoms with E-state index < -0.39 is 16.9 Å². The smallest absolute Gasteiger partial charge is 0.343 e. The summed E-state index contributed by atoms with van der Waals surface area (Å²) in [5.74, 6) is -0.280. The largest absolute Gasteiger partial charge is 0.493 e. The summed E-state index contributed by atoms with van der Waals surface area (Å²) in [4.78, 5) is 39.8. The van der Waals surface area contributed by atoms with Gasteiger partial charge in [-0.1, -0.05) is 6.07 Å². The van der Waals surface area contributed by atoms with Gasteiger partial charge in [-0.05, 0) is 59.3 Å². The number of benzene rings is 2. The number of aromatic nitrogens is 2. The average Bonchev–Trinajstić information content (AvgIpc) is 3.25. The maximum Gasteiger partial charge on any atom is 0.343 e. The first-order chi connectivity index (χ1) is 17.8. The summed E-state index contributed by atoms with van der Waals surface area (Å²) in [7, 11) is 1.42. The Morgan fingerprint density at radius 2 is 1.95 bits per heavy atom. The Balaban J connectivity index is 1.68. The standard InChI is InChI=1S/C25H21BrN4O7/c1-3-36-22(31)13-27-24-23(28-21-10-8-17(26)14-29(21)24)15-7-9-19(20(12-15)35-2)37-25(32)16-5-4-6-18(11-16)30(33)34/h4-12,14,27H,3,13H2,1-2H3. The summed E-state index contributed by atoms with van der Waals surface area (Å²) in [6, 6.07) is 13.8. The van der Waals surface area contributed by atoms with E-state index in [9.17, 15) is 19.7 Å². The van der Waals surface area contributed by atoms with Gasteiger partial charge in [0.1, 0.15) is 23.7 Å². The van der Waals surface area contributed by atoms with E-state index in [0.29, 0.717) is 22.7 Å². The number of ether oxygens (including phenoxy) is 3. The summed E-state index contributed by atoms with van der Waals surface area (Å²) in [5.41, 5.74) is 1.58. The number of imidazole rings is 1. The van der Waals surface area contributed by atoms with Crippen LogP contribution in [0.4, 0.5) is 11.5 Å². The van der Waals surface area contributed by atoms with Crippen molar-refractivity contribution in [1.82, 2.24) is 9.38 Å². The fourth-order valence-electron chi connectivity index (χ4n) is 3.56. The molecule has 37 heavy (non-hydrogen) atoms. The third kappa shape index (κ3) is 5.70. The highest BCUT2D eigenvalue weighted by molar-refractivity contribution is 9.10. The first kappa shape index (κ1) is 25.6. The number of nitro groups is 1. The molecule has 2 heterocycles. The van der Waals surface area contributed by atoms with Gasteiger partial charge in [-0.15, -0.1) is 0 Å². The number of carbonyl (C=O) groups is 2. The van der Waals surface area contributed by atoms with Crippen LogP contribution in [0.3, 0.4) is 0 Å². The van der Waals surface area contributed by atoms with Gasteiger partial charge in [0, 0.05) is 28.4 Å². The van der Waals surface area contributed by atoms with E-state index in [1.165, 1.54) is 25.3 Å². The van der Waals surface area contributed by atoms with Crippen LogP contribution in [-0.4, -0.2) is 46.5 Å². The minimum Gasteiger partial charge on any atom is -0.493 e. The van der Waals surface area contributed by atoms with Crippen molar-refractivity contribution in [2.45, 2.75) is 6.92 Å². The van der Waals surface area contributed by atoms with Crippen molar-refractivity contribution >= 4 is 45.0 Å². The summed E-state index contributed by atoms with van der Waals surface area (Å²) < 4.78 is 18.5. The number of hydrogen-bond acceptors (Lipinski definition) is 9. The molecule has 0 unspecified atom stereocenters. The van der Waals surface area contributed by atoms with Crippen molar-refractivity contribution in [2.24, 2.45) is 0 Å². The van der Waals surface area contributed by atoms with Crippen LogP contribution in [0, 0.1) is 10.1 Å². The molecule has 12 heteroatoms. The molecule has 0 amide bonds. The zero-order valence-corrected chi connectivity index (χ0v) is 21.4. The number of nitro benzene ring substituents is 1. The molecule has 0 atom stereocenters. The molecule has 0 radical (unpaired) electrons. The van der Waals surface area contributed by atoms with Crippen LogP contribution in [-0.2, 0) is 9.53 Å². The average molecular weight is 569 g/mol. The Bertz CT molecular complexity index is 1500. The predicted molar refractivity (Wildman–Crippen MR) is 138 cm³/mol. The van der Waals surface area contributed by atoms with Gasteiger partial charge in [-0.25, -0.2) is 9.78 Å². The Morgan fingerprint density at radius 1 is 1.14 bits per heavy atom. The minimum atomic E-state index is -0.774. The summed E-state index contributed by atoms with van der Waals surface area (Å²) >= 11 is 3.45. The van der Waals surface area contributed by atoms with Crippen molar-refractivity contribution in [2.75, 3.05) is 25.6 Å². The zero-order chi connectivity index (χ0) is 26.5. The second-order valence-corrected chi connectivity index (χ2v) is 8.52. The fraction of sp³-hybridized carbons (Fsp3) is 0.160. The molecule has 11 nitrogen and oxygen atoms in total. The lowest BCUT2D eigenvalue weighted by Crippen LogP contribution is -2.17. The summed E-state index contributed by atoms with van der Waals surface area (Å²) in [5, 5.41) is 14.1. The number of hydrogen-bond donors (Lipinski definition) is 1. The molecule has 0 spiro atoms. The second kappa shape index (κ2) is 11.1. The number of carbonyl (C=O) groups excluding carboxylic acids is 2. The number of esters is 2. The van der Waals surface area contributed by atoms with Crippen molar-refractivity contribution in [3.05, 3.63) is 80.9 Å². The van der Waals surface area contributed by atoms with Crippen LogP contribution in [0.15, 0.2) is 65.3 Å². The molecule has 2 aromatic heterocycles. The molecule has 4 rings (SSSR count). The van der Waals surface area contributed by atoms with Gasteiger partial charge in [0.2, 0.25) is 0 Å². The number of nitrogens with zero attached hydrogens (tertiary/aromatic N) is 3. The van der Waals surface area contributed by atoms with Gasteiger partial charge in [0.25, 0.3) is 5.69 Å². The third-order valence-corrected chi connectivity index (χ3v) is 5.69. The Morgan fingerprint density at radius 3 is 2.68 bits per heavy atom. The molecule has 190 valence electrons. The fourth-order valence-corrected chi connectivity index (χ4v) is 3.90. The Labute approximate surface area is 219 Å².